The summed E-state index contributed by atoms with van der Waals surface area (Å²) in [6.07, 6.45) is 30.5. The maximum atomic E-state index is 12.2. The summed E-state index contributed by atoms with van der Waals surface area (Å²) in [6.45, 7) is 20.6. The molecule has 0 radical (unpaired) electrons. The molecule has 4 aliphatic rings. The number of rotatable bonds is 30. The molecule has 0 aliphatic heterocycles. The number of carbonyl (C=O) groups is 4. The minimum absolute atomic E-state index is 0.0797. The number of nitro benzene ring substituents is 1. The Morgan fingerprint density at radius 3 is 0.973 bits per heavy atom. The van der Waals surface area contributed by atoms with Crippen LogP contribution in [0.25, 0.3) is 4.85 Å². The van der Waals surface area contributed by atoms with E-state index in [0.29, 0.717) is 79.9 Å². The number of benzene rings is 8. The zero-order valence-electron chi connectivity index (χ0n) is 67.0. The van der Waals surface area contributed by atoms with Crippen LogP contribution in [0.15, 0.2) is 170 Å². The highest BCUT2D eigenvalue weighted by molar-refractivity contribution is 5.93. The molecule has 8 aromatic carbocycles. The van der Waals surface area contributed by atoms with Crippen molar-refractivity contribution in [3.63, 3.8) is 0 Å². The molecule has 0 bridgehead atoms. The minimum Gasteiger partial charge on any atom is -0.497 e. The fourth-order valence-electron chi connectivity index (χ4n) is 15.6. The first-order valence-electron chi connectivity index (χ1n) is 41.1. The van der Waals surface area contributed by atoms with Gasteiger partial charge >= 0.3 is 23.9 Å². The largest absolute Gasteiger partial charge is 0.497 e. The van der Waals surface area contributed by atoms with Gasteiger partial charge in [-0.2, -0.15) is 0 Å². The van der Waals surface area contributed by atoms with Crippen LogP contribution in [0.1, 0.15) is 248 Å². The van der Waals surface area contributed by atoms with Crippen LogP contribution in [0, 0.1) is 47.3 Å². The SMILES string of the molecule is CCOC(=O)c1ccc(CC2CCCCC2)c(NCc2ccc(C)cc2)c1.CCOC(=O)c1ccc(CC2CCCCC2)c(NCc2ccc([N+](=O)[O-])cc2)c1.CCOC(=O)c1ccc(CC2CCCCC2)c(NCc2cccc(OC)c2)c1.[C-]#[N+]c1ccc(CNc2cc(C(=O)OCC)ccc2CC2CCCCC2)cc1. The molecule has 4 N–H and O–H groups in total. The lowest BCUT2D eigenvalue weighted by molar-refractivity contribution is -0.384. The van der Waals surface area contributed by atoms with Crippen LogP contribution in [0.2, 0.25) is 0 Å². The van der Waals surface area contributed by atoms with Crippen molar-refractivity contribution in [3.05, 3.63) is 264 Å². The van der Waals surface area contributed by atoms with Gasteiger partial charge in [-0.3, -0.25) is 10.1 Å². The van der Waals surface area contributed by atoms with Gasteiger partial charge in [-0.25, -0.2) is 24.0 Å². The van der Waals surface area contributed by atoms with E-state index in [9.17, 15) is 29.3 Å². The van der Waals surface area contributed by atoms with Gasteiger partial charge in [-0.05, 0) is 189 Å². The summed E-state index contributed by atoms with van der Waals surface area (Å²) in [5.41, 5.74) is 17.8. The number of nitrogens with zero attached hydrogens (tertiary/aromatic N) is 2. The number of anilines is 4. The summed E-state index contributed by atoms with van der Waals surface area (Å²) in [4.78, 5) is 62.5. The normalized spacial score (nSPS) is 14.5. The van der Waals surface area contributed by atoms with Gasteiger partial charge in [0.05, 0.1) is 67.3 Å². The van der Waals surface area contributed by atoms with Gasteiger partial charge in [0.25, 0.3) is 5.69 Å². The summed E-state index contributed by atoms with van der Waals surface area (Å²) in [5, 5.41) is 24.9. The smallest absolute Gasteiger partial charge is 0.338 e. The summed E-state index contributed by atoms with van der Waals surface area (Å²) in [5.74, 6) is 2.62. The van der Waals surface area contributed by atoms with E-state index in [1.54, 1.807) is 26.2 Å². The number of hydrogen-bond donors (Lipinski definition) is 4. The van der Waals surface area contributed by atoms with Crippen LogP contribution >= 0.6 is 0 Å². The molecule has 0 heterocycles. The monoisotopic (exact) mass is 1520 g/mol. The van der Waals surface area contributed by atoms with Crippen LogP contribution < -0.4 is 26.0 Å². The second kappa shape index (κ2) is 46.4. The summed E-state index contributed by atoms with van der Waals surface area (Å²) >= 11 is 0. The zero-order valence-corrected chi connectivity index (χ0v) is 67.0. The summed E-state index contributed by atoms with van der Waals surface area (Å²) in [6, 6.07) is 54.3. The molecule has 0 atom stereocenters. The van der Waals surface area contributed by atoms with E-state index >= 15 is 0 Å². The molecule has 594 valence electrons. The van der Waals surface area contributed by atoms with Gasteiger partial charge in [-0.1, -0.05) is 231 Å². The standard InChI is InChI=1S/C24H28N2O2.C24H31NO3.C24H31NO2.C23H28N2O4/c1-3-28-24(27)21-12-11-20(15-18-7-5-4-6-8-18)23(16-21)26-17-19-9-13-22(25-2)14-10-19;1-3-28-24(26)21-13-12-20(14-18-8-5-4-6-9-18)23(16-21)25-17-19-10-7-11-22(15-19)27-2;1-3-27-24(26)22-14-13-21(15-19-7-5-4-6-8-19)23(16-22)25-17-20-11-9-18(2)10-12-20;1-2-29-23(26)20-11-10-19(14-17-6-4-3-5-7-17)22(15-20)24-16-18-8-12-21(13-9-18)25(27)28/h9-14,16,18,26H,3-8,15,17H2,1H3;7,10-13,15-16,18,25H,3-6,8-9,14,17H2,1-2H3;9-14,16,19,25H,3-8,15,17H2,1-2H3;8-13,15,17,24H,2-7,14,16H2,1H3. The van der Waals surface area contributed by atoms with E-state index in [4.69, 9.17) is 30.3 Å². The zero-order chi connectivity index (χ0) is 79.2. The lowest BCUT2D eigenvalue weighted by atomic mass is 9.84. The van der Waals surface area contributed by atoms with Crippen LogP contribution in [-0.4, -0.2) is 62.3 Å². The summed E-state index contributed by atoms with van der Waals surface area (Å²) < 4.78 is 26.0. The first-order valence-corrected chi connectivity index (χ1v) is 41.1. The molecule has 112 heavy (non-hydrogen) atoms. The summed E-state index contributed by atoms with van der Waals surface area (Å²) in [7, 11) is 1.68. The number of carbonyl (C=O) groups excluding carboxylic acids is 4. The molecule has 0 amide bonds. The topological polar surface area (TPSA) is 210 Å². The number of non-ortho nitro benzene ring substituents is 1. The van der Waals surface area contributed by atoms with Gasteiger partial charge in [0.1, 0.15) is 5.75 Å². The predicted octanol–water partition coefficient (Wildman–Crippen LogP) is 23.2. The number of nitrogens with one attached hydrogen (secondary N) is 4. The highest BCUT2D eigenvalue weighted by atomic mass is 16.6. The van der Waals surface area contributed by atoms with Crippen molar-refractivity contribution in [1.82, 2.24) is 0 Å². The second-order valence-electron chi connectivity index (χ2n) is 30.2. The molecule has 4 fully saturated rings. The van der Waals surface area contributed by atoms with Crippen molar-refractivity contribution in [1.29, 1.82) is 0 Å². The second-order valence-corrected chi connectivity index (χ2v) is 30.2. The van der Waals surface area contributed by atoms with E-state index in [-0.39, 0.29) is 29.6 Å². The quantitative estimate of drug-likeness (QED) is 0.0108. The van der Waals surface area contributed by atoms with Crippen molar-refractivity contribution in [2.75, 3.05) is 54.8 Å². The fraction of sp³-hybridized carbons (Fsp3) is 0.442. The van der Waals surface area contributed by atoms with Crippen molar-refractivity contribution in [2.24, 2.45) is 23.7 Å². The molecular weight excluding hydrogens is 1400 g/mol. The number of hydrogen-bond acceptors (Lipinski definition) is 15. The van der Waals surface area contributed by atoms with E-state index in [2.05, 4.69) is 81.6 Å². The molecule has 17 heteroatoms. The molecule has 4 saturated carbocycles. The maximum absolute atomic E-state index is 12.2. The van der Waals surface area contributed by atoms with Crippen molar-refractivity contribution in [3.8, 4) is 5.75 Å². The molecule has 0 unspecified atom stereocenters. The lowest BCUT2D eigenvalue weighted by Crippen LogP contribution is -2.12. The molecule has 8 aromatic rings. The van der Waals surface area contributed by atoms with Crippen LogP contribution in [0.3, 0.4) is 0 Å². The van der Waals surface area contributed by atoms with E-state index < -0.39 is 4.92 Å². The maximum Gasteiger partial charge on any atom is 0.338 e. The average Bonchev–Trinajstić information content (AvgIpc) is 0.846. The van der Waals surface area contributed by atoms with Crippen molar-refractivity contribution >= 4 is 58.0 Å². The average molecular weight is 1520 g/mol. The lowest BCUT2D eigenvalue weighted by Gasteiger charge is -2.23. The van der Waals surface area contributed by atoms with Gasteiger partial charge in [0, 0.05) is 61.1 Å². The molecular formula is C95H118N6O11. The first kappa shape index (κ1) is 85.5. The Hall–Kier alpha value is -10.5. The Bertz CT molecular complexity index is 4300. The highest BCUT2D eigenvalue weighted by Crippen LogP contribution is 2.36. The van der Waals surface area contributed by atoms with E-state index in [1.807, 2.05) is 118 Å². The number of nitro groups is 1. The van der Waals surface area contributed by atoms with Crippen LogP contribution in [0.5, 0.6) is 5.75 Å². The number of esters is 4. The number of methoxy groups -OCH3 is 1. The van der Waals surface area contributed by atoms with Crippen molar-refractivity contribution in [2.45, 2.75) is 215 Å². The van der Waals surface area contributed by atoms with Gasteiger partial charge in [0.15, 0.2) is 5.69 Å². The highest BCUT2D eigenvalue weighted by Gasteiger charge is 2.23. The third kappa shape index (κ3) is 28.1. The molecule has 0 spiro atoms. The van der Waals surface area contributed by atoms with Crippen LogP contribution in [0.4, 0.5) is 34.1 Å². The Balaban J connectivity index is 0.000000171. The molecule has 0 saturated heterocycles. The number of ether oxygens (including phenoxy) is 5. The molecule has 17 nitrogen and oxygen atoms in total. The molecule has 12 rings (SSSR count). The number of aryl methyl sites for hydroxylation is 1. The van der Waals surface area contributed by atoms with E-state index in [1.165, 1.54) is 174 Å². The first-order chi connectivity index (χ1) is 54.6. The third-order valence-corrected chi connectivity index (χ3v) is 21.8. The predicted molar refractivity (Wildman–Crippen MR) is 450 cm³/mol. The fourth-order valence-corrected chi connectivity index (χ4v) is 15.6. The van der Waals surface area contributed by atoms with Crippen LogP contribution in [-0.2, 0) is 70.8 Å². The third-order valence-electron chi connectivity index (χ3n) is 21.8. The Labute approximate surface area is 665 Å². The van der Waals surface area contributed by atoms with Gasteiger partial charge in [0.2, 0.25) is 0 Å². The Morgan fingerprint density at radius 1 is 0.393 bits per heavy atom. The van der Waals surface area contributed by atoms with Crippen molar-refractivity contribution < 1.29 is 47.8 Å². The van der Waals surface area contributed by atoms with Gasteiger partial charge in [-0.15, -0.1) is 0 Å². The molecule has 4 aliphatic carbocycles. The Morgan fingerprint density at radius 2 is 0.688 bits per heavy atom. The van der Waals surface area contributed by atoms with Gasteiger partial charge < -0.3 is 45.0 Å². The Kier molecular flexibility index (Phi) is 35.4. The van der Waals surface area contributed by atoms with E-state index in [0.717, 1.165) is 95.2 Å². The molecule has 0 aromatic heterocycles. The minimum atomic E-state index is -0.400.